The van der Waals surface area contributed by atoms with Gasteiger partial charge >= 0.3 is 0 Å². The normalized spacial score (nSPS) is 17.8. The maximum absolute atomic E-state index is 13.4. The van der Waals surface area contributed by atoms with Gasteiger partial charge in [0.15, 0.2) is 13.2 Å². The number of benzene rings is 2. The van der Waals surface area contributed by atoms with Crippen LogP contribution in [0.15, 0.2) is 70.9 Å². The lowest BCUT2D eigenvalue weighted by Gasteiger charge is -2.27. The van der Waals surface area contributed by atoms with Crippen molar-refractivity contribution in [3.8, 4) is 21.9 Å². The summed E-state index contributed by atoms with van der Waals surface area (Å²) in [6, 6.07) is 10.3. The maximum atomic E-state index is 13.4. The van der Waals surface area contributed by atoms with E-state index in [1.54, 1.807) is 12.4 Å². The summed E-state index contributed by atoms with van der Waals surface area (Å²) in [6.45, 7) is 13.3. The number of thiazole rings is 1. The Bertz CT molecular complexity index is 2120. The summed E-state index contributed by atoms with van der Waals surface area (Å²) in [5, 5.41) is 28.3. The standard InChI is InChI=1S/C44H57N7O8S/c1-26(16-27(2)52)42(45)50-35-13-11-29-10-12-33(19-34(29)35)58-23-38(54)46-14-7-15-47-39(55)24-59-37-17-30(41-28(3)49-25-60-41)8-9-31(37)21-48-43(57)36-18-32(53)22-51(36)40(56)20-44(4,5)6/h8-10,12,16-17,19,25,32,35-36,52-53H,2,7,11,13-15,18,20-24H2,1,3-6H3,(H2,45,50)(H,46,54)(H,47,55)(H,48,57)/b26-16+/t32-,35-,36+/m1/s1. The molecule has 0 radical (unpaired) electrons. The molecule has 1 aliphatic carbocycles. The summed E-state index contributed by atoms with van der Waals surface area (Å²) in [4.78, 5) is 63.2. The van der Waals surface area contributed by atoms with E-state index in [0.717, 1.165) is 40.1 Å². The first kappa shape index (κ1) is 45.3. The van der Waals surface area contributed by atoms with Gasteiger partial charge in [-0.05, 0) is 85.1 Å². The highest BCUT2D eigenvalue weighted by molar-refractivity contribution is 7.13. The van der Waals surface area contributed by atoms with Crippen LogP contribution >= 0.6 is 11.3 Å². The van der Waals surface area contributed by atoms with Gasteiger partial charge in [-0.2, -0.15) is 0 Å². The van der Waals surface area contributed by atoms with Gasteiger partial charge in [-0.1, -0.05) is 45.5 Å². The van der Waals surface area contributed by atoms with Crippen molar-refractivity contribution in [1.82, 2.24) is 25.8 Å². The van der Waals surface area contributed by atoms with Crippen LogP contribution in [0.5, 0.6) is 11.5 Å². The molecule has 0 bridgehead atoms. The highest BCUT2D eigenvalue weighted by Crippen LogP contribution is 2.37. The summed E-state index contributed by atoms with van der Waals surface area (Å²) in [5.41, 5.74) is 12.7. The van der Waals surface area contributed by atoms with Crippen LogP contribution < -0.4 is 31.2 Å². The number of allylic oxidation sites excluding steroid dienone is 1. The summed E-state index contributed by atoms with van der Waals surface area (Å²) in [7, 11) is 0. The Morgan fingerprint density at radius 2 is 1.78 bits per heavy atom. The van der Waals surface area contributed by atoms with E-state index in [4.69, 9.17) is 15.2 Å². The molecule has 2 aromatic carbocycles. The number of aliphatic hydroxyl groups is 2. The number of carbonyl (C=O) groups is 4. The topological polar surface area (TPSA) is 218 Å². The number of fused-ring (bicyclic) bond motifs is 1. The lowest BCUT2D eigenvalue weighted by molar-refractivity contribution is -0.140. The number of amidine groups is 1. The van der Waals surface area contributed by atoms with Crippen molar-refractivity contribution in [2.75, 3.05) is 32.8 Å². The zero-order valence-corrected chi connectivity index (χ0v) is 35.8. The molecule has 1 aliphatic heterocycles. The minimum Gasteiger partial charge on any atom is -0.509 e. The number of aryl methyl sites for hydroxylation is 2. The molecule has 5 rings (SSSR count). The van der Waals surface area contributed by atoms with Gasteiger partial charge in [0.1, 0.15) is 29.1 Å². The fourth-order valence-corrected chi connectivity index (χ4v) is 7.87. The molecule has 4 amide bonds. The Morgan fingerprint density at radius 3 is 2.45 bits per heavy atom. The summed E-state index contributed by atoms with van der Waals surface area (Å²) >= 11 is 1.48. The van der Waals surface area contributed by atoms with Gasteiger partial charge in [0, 0.05) is 44.6 Å². The number of aliphatic hydroxyl groups excluding tert-OH is 2. The van der Waals surface area contributed by atoms with Crippen molar-refractivity contribution >= 4 is 40.8 Å². The van der Waals surface area contributed by atoms with Gasteiger partial charge in [0.25, 0.3) is 11.8 Å². The molecule has 322 valence electrons. The molecule has 60 heavy (non-hydrogen) atoms. The van der Waals surface area contributed by atoms with Gasteiger partial charge in [-0.15, -0.1) is 11.3 Å². The molecule has 2 aliphatic rings. The zero-order chi connectivity index (χ0) is 43.6. The van der Waals surface area contributed by atoms with Crippen LogP contribution in [0.25, 0.3) is 10.4 Å². The molecule has 2 heterocycles. The van der Waals surface area contributed by atoms with Gasteiger partial charge < -0.3 is 46.3 Å². The first-order valence-electron chi connectivity index (χ1n) is 20.1. The van der Waals surface area contributed by atoms with Gasteiger partial charge in [0.05, 0.1) is 28.2 Å². The predicted octanol–water partition coefficient (Wildman–Crippen LogP) is 4.58. The molecule has 0 unspecified atom stereocenters. The second-order valence-electron chi connectivity index (χ2n) is 16.4. The molecule has 0 spiro atoms. The number of nitrogens with one attached hydrogen (secondary N) is 3. The highest BCUT2D eigenvalue weighted by Gasteiger charge is 2.39. The first-order chi connectivity index (χ1) is 28.5. The quantitative estimate of drug-likeness (QED) is 0.0345. The second-order valence-corrected chi connectivity index (χ2v) is 17.2. The molecule has 1 fully saturated rings. The number of nitrogens with two attached hydrogens (primary N) is 1. The van der Waals surface area contributed by atoms with E-state index >= 15 is 0 Å². The fraction of sp³-hybridized carbons (Fsp3) is 0.455. The lowest BCUT2D eigenvalue weighted by atomic mass is 9.91. The molecule has 16 heteroatoms. The van der Waals surface area contributed by atoms with Crippen molar-refractivity contribution in [2.45, 2.75) is 91.5 Å². The highest BCUT2D eigenvalue weighted by atomic mass is 32.1. The number of aliphatic imine (C=N–C) groups is 1. The van der Waals surface area contributed by atoms with Crippen molar-refractivity contribution < 1.29 is 38.9 Å². The largest absolute Gasteiger partial charge is 0.509 e. The number of amides is 4. The molecule has 7 N–H and O–H groups in total. The van der Waals surface area contributed by atoms with Crippen molar-refractivity contribution in [3.05, 3.63) is 88.3 Å². The number of ether oxygens (including phenoxy) is 2. The average Bonchev–Trinajstić information content (AvgIpc) is 3.92. The van der Waals surface area contributed by atoms with Crippen LogP contribution in [0, 0.1) is 12.3 Å². The second kappa shape index (κ2) is 20.5. The number of nitrogens with zero attached hydrogens (tertiary/aromatic N) is 3. The van der Waals surface area contributed by atoms with Gasteiger partial charge in [-0.25, -0.2) is 4.98 Å². The Balaban J connectivity index is 1.08. The van der Waals surface area contributed by atoms with Crippen molar-refractivity contribution in [1.29, 1.82) is 0 Å². The zero-order valence-electron chi connectivity index (χ0n) is 35.0. The number of rotatable bonds is 18. The smallest absolute Gasteiger partial charge is 0.257 e. The summed E-state index contributed by atoms with van der Waals surface area (Å²) in [5.74, 6) is -0.0618. The molecule has 1 aromatic heterocycles. The molecular weight excluding hydrogens is 787 g/mol. The average molecular weight is 844 g/mol. The molecular formula is C44H57N7O8S. The van der Waals surface area contributed by atoms with Crippen molar-refractivity contribution in [3.63, 3.8) is 0 Å². The van der Waals surface area contributed by atoms with Crippen LogP contribution in [0.1, 0.15) is 81.8 Å². The van der Waals surface area contributed by atoms with Crippen LogP contribution in [0.4, 0.5) is 0 Å². The van der Waals surface area contributed by atoms with E-state index in [9.17, 15) is 29.4 Å². The van der Waals surface area contributed by atoms with E-state index in [1.165, 1.54) is 22.3 Å². The Kier molecular flexibility index (Phi) is 15.5. The minimum absolute atomic E-state index is 0.0758. The van der Waals surface area contributed by atoms with Crippen LogP contribution in [0.3, 0.4) is 0 Å². The van der Waals surface area contributed by atoms with Crippen LogP contribution in [-0.2, 0) is 32.1 Å². The van der Waals surface area contributed by atoms with E-state index in [2.05, 4.69) is 32.5 Å². The fourth-order valence-electron chi connectivity index (χ4n) is 7.06. The van der Waals surface area contributed by atoms with Crippen LogP contribution in [-0.4, -0.2) is 94.6 Å². The molecule has 1 saturated heterocycles. The number of carbonyl (C=O) groups excluding carboxylic acids is 4. The number of β-amino-alcohol motifs (C(OH)–C–C–N with tert-alkyl or cyclic N) is 1. The predicted molar refractivity (Wildman–Crippen MR) is 231 cm³/mol. The first-order valence-corrected chi connectivity index (χ1v) is 21.0. The third kappa shape index (κ3) is 12.9. The third-order valence-electron chi connectivity index (χ3n) is 10.1. The number of aromatic nitrogens is 1. The number of hydrogen-bond acceptors (Lipinski definition) is 11. The minimum atomic E-state index is -0.793. The van der Waals surface area contributed by atoms with Gasteiger partial charge in [0.2, 0.25) is 11.8 Å². The number of likely N-dealkylation sites (tertiary alicyclic amines) is 1. The Morgan fingerprint density at radius 1 is 1.07 bits per heavy atom. The maximum Gasteiger partial charge on any atom is 0.257 e. The van der Waals surface area contributed by atoms with E-state index in [-0.39, 0.29) is 80.0 Å². The SMILES string of the molecule is C=C(O)/C=C(\C)C(N)=N[C@@H]1CCc2ccc(OCC(=O)NCCCNC(=O)COc3cc(-c4scnc4C)ccc3CNC(=O)[C@@H]3C[C@@H](O)CN3C(=O)CC(C)(C)C)cc21. The Labute approximate surface area is 355 Å². The Hall–Kier alpha value is -5.74. The molecule has 3 aromatic rings. The van der Waals surface area contributed by atoms with Gasteiger partial charge in [-0.3, -0.25) is 24.2 Å². The van der Waals surface area contributed by atoms with Crippen molar-refractivity contribution in [2.24, 2.45) is 16.1 Å². The molecule has 0 saturated carbocycles. The molecule has 15 nitrogen and oxygen atoms in total. The van der Waals surface area contributed by atoms with E-state index in [1.807, 2.05) is 64.1 Å². The van der Waals surface area contributed by atoms with E-state index < -0.39 is 12.1 Å². The number of hydrogen-bond donors (Lipinski definition) is 6. The summed E-state index contributed by atoms with van der Waals surface area (Å²) in [6.07, 6.45) is 3.17. The molecule has 3 atom stereocenters. The lowest BCUT2D eigenvalue weighted by Crippen LogP contribution is -2.46. The monoisotopic (exact) mass is 843 g/mol. The van der Waals surface area contributed by atoms with Crippen LogP contribution in [0.2, 0.25) is 0 Å². The third-order valence-corrected chi connectivity index (χ3v) is 11.1. The van der Waals surface area contributed by atoms with E-state index in [0.29, 0.717) is 48.0 Å². The summed E-state index contributed by atoms with van der Waals surface area (Å²) < 4.78 is 11.8.